The molecule has 0 spiro atoms. The van der Waals surface area contributed by atoms with Crippen molar-refractivity contribution in [1.82, 2.24) is 4.90 Å². The van der Waals surface area contributed by atoms with Gasteiger partial charge in [-0.3, -0.25) is 19.3 Å². The third kappa shape index (κ3) is 4.26. The van der Waals surface area contributed by atoms with Gasteiger partial charge in [-0.05, 0) is 47.0 Å². The molecule has 0 aromatic heterocycles. The highest BCUT2D eigenvalue weighted by molar-refractivity contribution is 9.10. The zero-order chi connectivity index (χ0) is 20.4. The van der Waals surface area contributed by atoms with Crippen LogP contribution in [0.15, 0.2) is 76.1 Å². The Kier molecular flexibility index (Phi) is 5.51. The summed E-state index contributed by atoms with van der Waals surface area (Å²) in [6.45, 7) is -0.328. The average Bonchev–Trinajstić information content (AvgIpc) is 2.97. The number of carbonyl (C=O) groups excluding carboxylic acids is 3. The Hall–Kier alpha value is -2.90. The lowest BCUT2D eigenvalue weighted by Crippen LogP contribution is -2.36. The smallest absolute Gasteiger partial charge is 0.294 e. The van der Waals surface area contributed by atoms with Crippen LogP contribution in [-0.4, -0.2) is 28.5 Å². The molecule has 0 atom stereocenters. The highest BCUT2D eigenvalue weighted by Crippen LogP contribution is 2.32. The highest BCUT2D eigenvalue weighted by Gasteiger charge is 2.36. The normalized spacial score (nSPS) is 15.3. The molecular formula is C22H15BrN2O3S. The molecule has 1 aliphatic heterocycles. The lowest BCUT2D eigenvalue weighted by Gasteiger charge is -2.13. The molecule has 29 heavy (non-hydrogen) atoms. The second-order valence-electron chi connectivity index (χ2n) is 6.39. The van der Waals surface area contributed by atoms with Gasteiger partial charge in [0.1, 0.15) is 6.54 Å². The Balaban J connectivity index is 1.48. The lowest BCUT2D eigenvalue weighted by atomic mass is 10.1. The molecule has 3 aromatic carbocycles. The van der Waals surface area contributed by atoms with Gasteiger partial charge in [0.25, 0.3) is 11.1 Å². The van der Waals surface area contributed by atoms with Gasteiger partial charge in [-0.15, -0.1) is 0 Å². The Morgan fingerprint density at radius 2 is 1.72 bits per heavy atom. The summed E-state index contributed by atoms with van der Waals surface area (Å²) < 4.78 is 0.924. The molecule has 3 amide bonds. The topological polar surface area (TPSA) is 66.5 Å². The Morgan fingerprint density at radius 1 is 1.00 bits per heavy atom. The molecule has 5 nitrogen and oxygen atoms in total. The Bertz CT molecular complexity index is 1150. The number of nitrogens with one attached hydrogen (secondary N) is 1. The monoisotopic (exact) mass is 466 g/mol. The van der Waals surface area contributed by atoms with Gasteiger partial charge in [-0.25, -0.2) is 0 Å². The predicted octanol–water partition coefficient (Wildman–Crippen LogP) is 5.28. The summed E-state index contributed by atoms with van der Waals surface area (Å²) in [7, 11) is 0. The number of benzene rings is 3. The van der Waals surface area contributed by atoms with Gasteiger partial charge >= 0.3 is 0 Å². The molecule has 1 heterocycles. The van der Waals surface area contributed by atoms with E-state index in [2.05, 4.69) is 21.2 Å². The average molecular weight is 467 g/mol. The molecule has 3 aromatic rings. The van der Waals surface area contributed by atoms with Crippen LogP contribution in [-0.2, 0) is 9.59 Å². The molecule has 1 aliphatic rings. The first-order chi connectivity index (χ1) is 14.0. The molecule has 1 saturated heterocycles. The maximum absolute atomic E-state index is 12.6. The maximum Gasteiger partial charge on any atom is 0.294 e. The molecule has 1 N–H and O–H groups in total. The third-order valence-electron chi connectivity index (χ3n) is 4.41. The van der Waals surface area contributed by atoms with Crippen molar-refractivity contribution in [1.29, 1.82) is 0 Å². The SMILES string of the molecule is O=C(CN1C(=O)S/C(=C/c2ccc(Br)cc2)C1=O)Nc1cccc2ccccc12. The molecule has 144 valence electrons. The zero-order valence-electron chi connectivity index (χ0n) is 15.1. The highest BCUT2D eigenvalue weighted by atomic mass is 79.9. The first-order valence-electron chi connectivity index (χ1n) is 8.80. The van der Waals surface area contributed by atoms with Gasteiger partial charge in [0.15, 0.2) is 0 Å². The Morgan fingerprint density at radius 3 is 2.52 bits per heavy atom. The fourth-order valence-corrected chi connectivity index (χ4v) is 4.12. The molecule has 4 rings (SSSR count). The second-order valence-corrected chi connectivity index (χ2v) is 8.30. The minimum absolute atomic E-state index is 0.301. The summed E-state index contributed by atoms with van der Waals surface area (Å²) >= 11 is 4.20. The molecule has 0 radical (unpaired) electrons. The van der Waals surface area contributed by atoms with Gasteiger partial charge in [-0.1, -0.05) is 64.5 Å². The summed E-state index contributed by atoms with van der Waals surface area (Å²) in [5.41, 5.74) is 1.45. The maximum atomic E-state index is 12.6. The standard InChI is InChI=1S/C22H15BrN2O3S/c23-16-10-8-14(9-11-16)12-19-21(27)25(22(28)29-19)13-20(26)24-18-7-3-5-15-4-1-2-6-17(15)18/h1-12H,13H2,(H,24,26)/b19-12+. The summed E-state index contributed by atoms with van der Waals surface area (Å²) in [6, 6.07) is 20.7. The van der Waals surface area contributed by atoms with E-state index in [1.165, 1.54) is 0 Å². The van der Waals surface area contributed by atoms with Crippen LogP contribution in [0.3, 0.4) is 0 Å². The largest absolute Gasteiger partial charge is 0.324 e. The lowest BCUT2D eigenvalue weighted by molar-refractivity contribution is -0.127. The number of rotatable bonds is 4. The minimum Gasteiger partial charge on any atom is -0.324 e. The van der Waals surface area contributed by atoms with Crippen LogP contribution in [0.2, 0.25) is 0 Å². The number of carbonyl (C=O) groups is 3. The van der Waals surface area contributed by atoms with E-state index in [0.29, 0.717) is 10.6 Å². The fourth-order valence-electron chi connectivity index (χ4n) is 3.01. The van der Waals surface area contributed by atoms with Crippen molar-refractivity contribution >= 4 is 67.3 Å². The number of imide groups is 1. The van der Waals surface area contributed by atoms with Crippen molar-refractivity contribution in [3.63, 3.8) is 0 Å². The molecule has 1 fully saturated rings. The van der Waals surface area contributed by atoms with E-state index in [1.807, 2.05) is 60.7 Å². The quantitative estimate of drug-likeness (QED) is 0.531. The number of nitrogens with zero attached hydrogens (tertiary/aromatic N) is 1. The molecule has 7 heteroatoms. The van der Waals surface area contributed by atoms with Crippen molar-refractivity contribution in [2.45, 2.75) is 0 Å². The van der Waals surface area contributed by atoms with Gasteiger partial charge < -0.3 is 5.32 Å². The summed E-state index contributed by atoms with van der Waals surface area (Å²) in [5.74, 6) is -0.885. The predicted molar refractivity (Wildman–Crippen MR) is 119 cm³/mol. The van der Waals surface area contributed by atoms with E-state index in [9.17, 15) is 14.4 Å². The first kappa shape index (κ1) is 19.4. The van der Waals surface area contributed by atoms with Crippen molar-refractivity contribution in [2.24, 2.45) is 0 Å². The second kappa shape index (κ2) is 8.23. The van der Waals surface area contributed by atoms with Gasteiger partial charge in [0, 0.05) is 15.5 Å². The van der Waals surface area contributed by atoms with E-state index < -0.39 is 17.1 Å². The summed E-state index contributed by atoms with van der Waals surface area (Å²) in [4.78, 5) is 38.7. The minimum atomic E-state index is -0.462. The van der Waals surface area contributed by atoms with Crippen LogP contribution in [0.1, 0.15) is 5.56 Å². The van der Waals surface area contributed by atoms with Crippen molar-refractivity contribution < 1.29 is 14.4 Å². The van der Waals surface area contributed by atoms with Crippen LogP contribution < -0.4 is 5.32 Å². The number of anilines is 1. The molecule has 0 aliphatic carbocycles. The van der Waals surface area contributed by atoms with Gasteiger partial charge in [-0.2, -0.15) is 0 Å². The Labute approximate surface area is 179 Å². The van der Waals surface area contributed by atoms with Crippen molar-refractivity contribution in [2.75, 3.05) is 11.9 Å². The van der Waals surface area contributed by atoms with E-state index in [-0.39, 0.29) is 6.54 Å². The summed E-state index contributed by atoms with van der Waals surface area (Å²) in [5, 5.41) is 4.24. The number of halogens is 1. The third-order valence-corrected chi connectivity index (χ3v) is 5.84. The van der Waals surface area contributed by atoms with Crippen LogP contribution in [0, 0.1) is 0 Å². The van der Waals surface area contributed by atoms with Gasteiger partial charge in [0.2, 0.25) is 5.91 Å². The molecule has 0 unspecified atom stereocenters. The van der Waals surface area contributed by atoms with Crippen molar-refractivity contribution in [3.8, 4) is 0 Å². The van der Waals surface area contributed by atoms with Crippen LogP contribution in [0.4, 0.5) is 10.5 Å². The number of hydrogen-bond donors (Lipinski definition) is 1. The van der Waals surface area contributed by atoms with E-state index in [1.54, 1.807) is 12.1 Å². The number of amides is 3. The van der Waals surface area contributed by atoms with Crippen molar-refractivity contribution in [3.05, 3.63) is 81.7 Å². The van der Waals surface area contributed by atoms with E-state index >= 15 is 0 Å². The number of thioether (sulfide) groups is 1. The molecule has 0 bridgehead atoms. The van der Waals surface area contributed by atoms with Crippen LogP contribution in [0.5, 0.6) is 0 Å². The van der Waals surface area contributed by atoms with Gasteiger partial charge in [0.05, 0.1) is 4.91 Å². The molecule has 0 saturated carbocycles. The van der Waals surface area contributed by atoms with Crippen LogP contribution >= 0.6 is 27.7 Å². The summed E-state index contributed by atoms with van der Waals surface area (Å²) in [6.07, 6.45) is 1.65. The fraction of sp³-hybridized carbons (Fsp3) is 0.0455. The van der Waals surface area contributed by atoms with E-state index in [0.717, 1.165) is 37.5 Å². The first-order valence-corrected chi connectivity index (χ1v) is 10.4. The zero-order valence-corrected chi connectivity index (χ0v) is 17.5. The number of fused-ring (bicyclic) bond motifs is 1. The number of hydrogen-bond acceptors (Lipinski definition) is 4. The van der Waals surface area contributed by atoms with E-state index in [4.69, 9.17) is 0 Å². The van der Waals surface area contributed by atoms with Crippen LogP contribution in [0.25, 0.3) is 16.8 Å². The molecular weight excluding hydrogens is 452 g/mol.